The third-order valence-corrected chi connectivity index (χ3v) is 3.35. The van der Waals surface area contributed by atoms with Gasteiger partial charge in [-0.05, 0) is 40.5 Å². The average molecular weight is 229 g/mol. The van der Waals surface area contributed by atoms with Crippen LogP contribution in [0.4, 0.5) is 0 Å². The summed E-state index contributed by atoms with van der Waals surface area (Å²) in [6.07, 6.45) is 2.18. The fourth-order valence-electron chi connectivity index (χ4n) is 3.19. The molecule has 0 atom stereocenters. The minimum Gasteiger partial charge on any atom is -0.329 e. The zero-order valence-electron chi connectivity index (χ0n) is 11.3. The van der Waals surface area contributed by atoms with Crippen molar-refractivity contribution in [1.82, 2.24) is 10.4 Å². The predicted molar refractivity (Wildman–Crippen MR) is 67.1 cm³/mol. The Morgan fingerprint density at radius 2 is 1.75 bits per heavy atom. The summed E-state index contributed by atoms with van der Waals surface area (Å²) in [5, 5.41) is 5.65. The van der Waals surface area contributed by atoms with Crippen LogP contribution in [0.5, 0.6) is 0 Å². The summed E-state index contributed by atoms with van der Waals surface area (Å²) in [5.74, 6) is 0. The molecular weight excluding hydrogens is 202 g/mol. The molecule has 0 radical (unpaired) electrons. The monoisotopic (exact) mass is 229 g/mol. The minimum atomic E-state index is 0.0583. The first-order valence-electron chi connectivity index (χ1n) is 6.11. The highest BCUT2D eigenvalue weighted by molar-refractivity contribution is 4.99. The van der Waals surface area contributed by atoms with Crippen LogP contribution in [0.15, 0.2) is 0 Å². The standard InChI is InChI=1S/C12H27N3O/c1-11(2)8-10(14-7-6-13)9-12(3,4)15(11)16-5/h10,14H,6-9,13H2,1-5H3. The molecule has 96 valence electrons. The van der Waals surface area contributed by atoms with Gasteiger partial charge in [0.25, 0.3) is 0 Å². The topological polar surface area (TPSA) is 50.5 Å². The molecule has 4 heteroatoms. The smallest absolute Gasteiger partial charge is 0.0575 e. The van der Waals surface area contributed by atoms with E-state index >= 15 is 0 Å². The van der Waals surface area contributed by atoms with E-state index in [9.17, 15) is 0 Å². The summed E-state index contributed by atoms with van der Waals surface area (Å²) in [6, 6.07) is 0.528. The van der Waals surface area contributed by atoms with Crippen molar-refractivity contribution in [3.05, 3.63) is 0 Å². The Morgan fingerprint density at radius 3 is 2.12 bits per heavy atom. The van der Waals surface area contributed by atoms with E-state index in [1.54, 1.807) is 7.11 Å². The van der Waals surface area contributed by atoms with Gasteiger partial charge in [0.05, 0.1) is 7.11 Å². The van der Waals surface area contributed by atoms with E-state index in [4.69, 9.17) is 10.6 Å². The fourth-order valence-corrected chi connectivity index (χ4v) is 3.19. The highest BCUT2D eigenvalue weighted by atomic mass is 16.7. The molecule has 0 spiro atoms. The molecule has 0 saturated carbocycles. The Balaban J connectivity index is 2.72. The number of hydroxylamine groups is 2. The van der Waals surface area contributed by atoms with E-state index in [0.29, 0.717) is 12.6 Å². The Labute approximate surface area is 99.5 Å². The third kappa shape index (κ3) is 2.94. The number of piperidine rings is 1. The number of hydrogen-bond donors (Lipinski definition) is 2. The van der Waals surface area contributed by atoms with E-state index in [-0.39, 0.29) is 11.1 Å². The van der Waals surface area contributed by atoms with Gasteiger partial charge in [-0.1, -0.05) is 0 Å². The van der Waals surface area contributed by atoms with Crippen molar-refractivity contribution in [3.8, 4) is 0 Å². The molecule has 1 heterocycles. The Kier molecular flexibility index (Phi) is 4.35. The van der Waals surface area contributed by atoms with E-state index in [2.05, 4.69) is 38.1 Å². The van der Waals surface area contributed by atoms with Crippen LogP contribution in [0, 0.1) is 0 Å². The summed E-state index contributed by atoms with van der Waals surface area (Å²) < 4.78 is 0. The van der Waals surface area contributed by atoms with Crippen molar-refractivity contribution in [2.75, 3.05) is 20.2 Å². The first-order chi connectivity index (χ1) is 7.33. The molecule has 0 amide bonds. The fraction of sp³-hybridized carbons (Fsp3) is 1.00. The zero-order valence-corrected chi connectivity index (χ0v) is 11.3. The van der Waals surface area contributed by atoms with Gasteiger partial charge in [0.2, 0.25) is 0 Å². The van der Waals surface area contributed by atoms with E-state index in [0.717, 1.165) is 19.4 Å². The highest BCUT2D eigenvalue weighted by Gasteiger charge is 2.45. The second-order valence-electron chi connectivity index (χ2n) is 5.95. The van der Waals surface area contributed by atoms with Gasteiger partial charge >= 0.3 is 0 Å². The van der Waals surface area contributed by atoms with Crippen LogP contribution >= 0.6 is 0 Å². The highest BCUT2D eigenvalue weighted by Crippen LogP contribution is 2.38. The average Bonchev–Trinajstić information content (AvgIpc) is 2.11. The third-order valence-electron chi connectivity index (χ3n) is 3.35. The van der Waals surface area contributed by atoms with Crippen LogP contribution in [0.3, 0.4) is 0 Å². The zero-order chi connectivity index (χ0) is 12.4. The lowest BCUT2D eigenvalue weighted by atomic mass is 9.79. The summed E-state index contributed by atoms with van der Waals surface area (Å²) in [5.41, 5.74) is 5.65. The van der Waals surface area contributed by atoms with Gasteiger partial charge in [-0.15, -0.1) is 0 Å². The van der Waals surface area contributed by atoms with Crippen molar-refractivity contribution < 1.29 is 4.84 Å². The maximum absolute atomic E-state index is 5.56. The maximum atomic E-state index is 5.56. The van der Waals surface area contributed by atoms with Gasteiger partial charge in [-0.2, -0.15) is 5.06 Å². The molecule has 0 unspecified atom stereocenters. The largest absolute Gasteiger partial charge is 0.329 e. The molecule has 0 aromatic rings. The summed E-state index contributed by atoms with van der Waals surface area (Å²) in [4.78, 5) is 5.56. The molecule has 0 aromatic heterocycles. The quantitative estimate of drug-likeness (QED) is 0.758. The van der Waals surface area contributed by atoms with E-state index in [1.807, 2.05) is 0 Å². The number of nitrogens with one attached hydrogen (secondary N) is 1. The number of rotatable bonds is 4. The normalized spacial score (nSPS) is 25.9. The molecule has 3 N–H and O–H groups in total. The van der Waals surface area contributed by atoms with Gasteiger partial charge in [0.1, 0.15) is 0 Å². The molecule has 1 saturated heterocycles. The molecule has 16 heavy (non-hydrogen) atoms. The lowest BCUT2D eigenvalue weighted by Crippen LogP contribution is -2.63. The Bertz CT molecular complexity index is 210. The molecular formula is C12H27N3O. The Hall–Kier alpha value is -0.160. The summed E-state index contributed by atoms with van der Waals surface area (Å²) in [6.45, 7) is 10.5. The predicted octanol–water partition coefficient (Wildman–Crippen LogP) is 1.12. The number of nitrogens with zero attached hydrogens (tertiary/aromatic N) is 1. The van der Waals surface area contributed by atoms with Crippen LogP contribution < -0.4 is 11.1 Å². The maximum Gasteiger partial charge on any atom is 0.0575 e. The molecule has 1 aliphatic rings. The Morgan fingerprint density at radius 1 is 1.25 bits per heavy atom. The van der Waals surface area contributed by atoms with Crippen molar-refractivity contribution in [2.45, 2.75) is 57.7 Å². The molecule has 1 rings (SSSR count). The van der Waals surface area contributed by atoms with Crippen molar-refractivity contribution in [3.63, 3.8) is 0 Å². The van der Waals surface area contributed by atoms with Crippen LogP contribution in [0.2, 0.25) is 0 Å². The van der Waals surface area contributed by atoms with E-state index in [1.165, 1.54) is 0 Å². The molecule has 4 nitrogen and oxygen atoms in total. The SMILES string of the molecule is CON1C(C)(C)CC(NCCN)CC1(C)C. The molecule has 0 aromatic carbocycles. The summed E-state index contributed by atoms with van der Waals surface area (Å²) >= 11 is 0. The number of hydrogen-bond acceptors (Lipinski definition) is 4. The molecule has 0 bridgehead atoms. The van der Waals surface area contributed by atoms with Crippen LogP contribution in [0.1, 0.15) is 40.5 Å². The molecule has 0 aliphatic carbocycles. The molecule has 1 aliphatic heterocycles. The van der Waals surface area contributed by atoms with Gasteiger partial charge < -0.3 is 15.9 Å². The lowest BCUT2D eigenvalue weighted by molar-refractivity contribution is -0.267. The van der Waals surface area contributed by atoms with Gasteiger partial charge in [0, 0.05) is 30.2 Å². The van der Waals surface area contributed by atoms with E-state index < -0.39 is 0 Å². The first-order valence-corrected chi connectivity index (χ1v) is 6.11. The van der Waals surface area contributed by atoms with Crippen molar-refractivity contribution >= 4 is 0 Å². The lowest BCUT2D eigenvalue weighted by Gasteiger charge is -2.53. The van der Waals surface area contributed by atoms with Crippen molar-refractivity contribution in [1.29, 1.82) is 0 Å². The first kappa shape index (κ1) is 13.9. The van der Waals surface area contributed by atoms with Gasteiger partial charge in [-0.3, -0.25) is 0 Å². The van der Waals surface area contributed by atoms with Crippen LogP contribution in [0.25, 0.3) is 0 Å². The second kappa shape index (κ2) is 5.00. The minimum absolute atomic E-state index is 0.0583. The van der Waals surface area contributed by atoms with Crippen LogP contribution in [-0.2, 0) is 4.84 Å². The molecule has 1 fully saturated rings. The van der Waals surface area contributed by atoms with Crippen molar-refractivity contribution in [2.24, 2.45) is 5.73 Å². The van der Waals surface area contributed by atoms with Gasteiger partial charge in [-0.25, -0.2) is 0 Å². The summed E-state index contributed by atoms with van der Waals surface area (Å²) in [7, 11) is 1.76. The second-order valence-corrected chi connectivity index (χ2v) is 5.95. The number of nitrogens with two attached hydrogens (primary N) is 1. The van der Waals surface area contributed by atoms with Gasteiger partial charge in [0.15, 0.2) is 0 Å². The van der Waals surface area contributed by atoms with Crippen LogP contribution in [-0.4, -0.2) is 42.4 Å².